The molecular formula is C23H22O4S. The molecule has 0 spiro atoms. The molecule has 28 heavy (non-hydrogen) atoms. The molecule has 3 aromatic rings. The normalized spacial score (nSPS) is 11.3. The highest BCUT2D eigenvalue weighted by Gasteiger charge is 2.13. The molecule has 0 saturated heterocycles. The first kappa shape index (κ1) is 19.7. The summed E-state index contributed by atoms with van der Waals surface area (Å²) in [5.74, 6) is 0.270. The van der Waals surface area contributed by atoms with Crippen LogP contribution in [0.4, 0.5) is 0 Å². The minimum atomic E-state index is -0.958. The highest BCUT2D eigenvalue weighted by molar-refractivity contribution is 7.11. The van der Waals surface area contributed by atoms with Crippen molar-refractivity contribution >= 4 is 29.0 Å². The second kappa shape index (κ2) is 9.24. The fraction of sp³-hybridized carbons (Fsp3) is 0.174. The fourth-order valence-electron chi connectivity index (χ4n) is 2.68. The highest BCUT2D eigenvalue weighted by Crippen LogP contribution is 2.31. The van der Waals surface area contributed by atoms with E-state index in [-0.39, 0.29) is 5.57 Å². The maximum Gasteiger partial charge on any atom is 0.337 e. The molecule has 0 saturated carbocycles. The topological polar surface area (TPSA) is 55.8 Å². The molecule has 1 aromatic heterocycles. The van der Waals surface area contributed by atoms with Gasteiger partial charge in [0, 0.05) is 4.88 Å². The first-order valence-corrected chi connectivity index (χ1v) is 9.89. The van der Waals surface area contributed by atoms with E-state index in [0.29, 0.717) is 29.6 Å². The van der Waals surface area contributed by atoms with Gasteiger partial charge in [0.05, 0.1) is 12.2 Å². The zero-order valence-electron chi connectivity index (χ0n) is 15.8. The fourth-order valence-corrected chi connectivity index (χ4v) is 3.42. The van der Waals surface area contributed by atoms with Crippen LogP contribution in [0.15, 0.2) is 60.0 Å². The number of hydrogen-bond donors (Lipinski definition) is 1. The predicted molar refractivity (Wildman–Crippen MR) is 113 cm³/mol. The van der Waals surface area contributed by atoms with Gasteiger partial charge in [0.25, 0.3) is 0 Å². The number of ether oxygens (including phenoxy) is 2. The summed E-state index contributed by atoms with van der Waals surface area (Å²) in [6, 6.07) is 17.3. The SMILES string of the molecule is CCOc1cc(/C=C(\C(=O)O)c2cccs2)ccc1OCc1ccc(C)cc1. The van der Waals surface area contributed by atoms with Crippen LogP contribution in [0.1, 0.15) is 28.5 Å². The van der Waals surface area contributed by atoms with E-state index in [9.17, 15) is 9.90 Å². The van der Waals surface area contributed by atoms with E-state index in [4.69, 9.17) is 9.47 Å². The number of carboxylic acids is 1. The van der Waals surface area contributed by atoms with E-state index in [0.717, 1.165) is 11.1 Å². The number of hydrogen-bond acceptors (Lipinski definition) is 4. The van der Waals surface area contributed by atoms with E-state index >= 15 is 0 Å². The van der Waals surface area contributed by atoms with Crippen molar-refractivity contribution in [3.05, 3.63) is 81.5 Å². The molecule has 0 amide bonds. The van der Waals surface area contributed by atoms with Crippen molar-refractivity contribution in [3.63, 3.8) is 0 Å². The minimum Gasteiger partial charge on any atom is -0.490 e. The van der Waals surface area contributed by atoms with Crippen LogP contribution in [-0.4, -0.2) is 17.7 Å². The molecule has 0 unspecified atom stereocenters. The predicted octanol–water partition coefficient (Wildman–Crippen LogP) is 5.66. The Bertz CT molecular complexity index is 957. The van der Waals surface area contributed by atoms with E-state index in [1.807, 2.05) is 67.8 Å². The van der Waals surface area contributed by atoms with Gasteiger partial charge in [-0.05, 0) is 54.6 Å². The summed E-state index contributed by atoms with van der Waals surface area (Å²) >= 11 is 1.40. The van der Waals surface area contributed by atoms with Crippen molar-refractivity contribution in [2.24, 2.45) is 0 Å². The summed E-state index contributed by atoms with van der Waals surface area (Å²) in [4.78, 5) is 12.4. The van der Waals surface area contributed by atoms with Gasteiger partial charge >= 0.3 is 5.97 Å². The lowest BCUT2D eigenvalue weighted by Crippen LogP contribution is -2.01. The van der Waals surface area contributed by atoms with Crippen molar-refractivity contribution in [1.82, 2.24) is 0 Å². The first-order valence-electron chi connectivity index (χ1n) is 9.01. The van der Waals surface area contributed by atoms with E-state index < -0.39 is 5.97 Å². The third kappa shape index (κ3) is 5.02. The van der Waals surface area contributed by atoms with Crippen molar-refractivity contribution in [2.75, 3.05) is 6.61 Å². The average Bonchev–Trinajstić information content (AvgIpc) is 3.21. The van der Waals surface area contributed by atoms with Gasteiger partial charge in [0.15, 0.2) is 11.5 Å². The van der Waals surface area contributed by atoms with Gasteiger partial charge < -0.3 is 14.6 Å². The molecule has 144 valence electrons. The lowest BCUT2D eigenvalue weighted by Gasteiger charge is -2.13. The van der Waals surface area contributed by atoms with Gasteiger partial charge in [-0.3, -0.25) is 0 Å². The molecule has 0 aliphatic rings. The maximum absolute atomic E-state index is 11.6. The van der Waals surface area contributed by atoms with Gasteiger partial charge in [-0.2, -0.15) is 0 Å². The van der Waals surface area contributed by atoms with E-state index in [1.165, 1.54) is 16.9 Å². The molecular weight excluding hydrogens is 372 g/mol. The quantitative estimate of drug-likeness (QED) is 0.501. The summed E-state index contributed by atoms with van der Waals surface area (Å²) in [5, 5.41) is 11.4. The van der Waals surface area contributed by atoms with Crippen LogP contribution in [0.25, 0.3) is 11.6 Å². The summed E-state index contributed by atoms with van der Waals surface area (Å²) in [6.07, 6.45) is 1.65. The maximum atomic E-state index is 11.6. The van der Waals surface area contributed by atoms with Gasteiger partial charge in [0.2, 0.25) is 0 Å². The van der Waals surface area contributed by atoms with Gasteiger partial charge in [-0.15, -0.1) is 11.3 Å². The standard InChI is InChI=1S/C23H22O4S/c1-3-26-21-14-18(13-19(23(24)25)22-5-4-12-28-22)10-11-20(21)27-15-17-8-6-16(2)7-9-17/h4-14H,3,15H2,1-2H3,(H,24,25)/b19-13-. The molecule has 0 fully saturated rings. The molecule has 0 atom stereocenters. The minimum absolute atomic E-state index is 0.255. The smallest absolute Gasteiger partial charge is 0.337 e. The van der Waals surface area contributed by atoms with Crippen molar-refractivity contribution in [1.29, 1.82) is 0 Å². The van der Waals surface area contributed by atoms with Crippen LogP contribution in [0.2, 0.25) is 0 Å². The van der Waals surface area contributed by atoms with E-state index in [1.54, 1.807) is 12.1 Å². The number of carbonyl (C=O) groups is 1. The molecule has 0 radical (unpaired) electrons. The summed E-state index contributed by atoms with van der Waals surface area (Å²) in [5.41, 5.74) is 3.28. The molecule has 4 nitrogen and oxygen atoms in total. The molecule has 1 heterocycles. The van der Waals surface area contributed by atoms with Gasteiger partial charge in [-0.25, -0.2) is 4.79 Å². The molecule has 1 N–H and O–H groups in total. The van der Waals surface area contributed by atoms with Crippen LogP contribution in [0, 0.1) is 6.92 Å². The Labute approximate surface area is 168 Å². The third-order valence-electron chi connectivity index (χ3n) is 4.11. The molecule has 0 bridgehead atoms. The van der Waals surface area contributed by atoms with Crippen molar-refractivity contribution in [3.8, 4) is 11.5 Å². The lowest BCUT2D eigenvalue weighted by molar-refractivity contribution is -0.130. The Balaban J connectivity index is 1.84. The molecule has 0 aliphatic heterocycles. The molecule has 3 rings (SSSR count). The Hall–Kier alpha value is -3.05. The third-order valence-corrected chi connectivity index (χ3v) is 5.01. The largest absolute Gasteiger partial charge is 0.490 e. The summed E-state index contributed by atoms with van der Waals surface area (Å²) in [6.45, 7) is 4.88. The summed E-state index contributed by atoms with van der Waals surface area (Å²) < 4.78 is 11.7. The van der Waals surface area contributed by atoms with E-state index in [2.05, 4.69) is 0 Å². The monoisotopic (exact) mass is 394 g/mol. The number of benzene rings is 2. The van der Waals surface area contributed by atoms with Crippen molar-refractivity contribution in [2.45, 2.75) is 20.5 Å². The van der Waals surface area contributed by atoms with Gasteiger partial charge in [-0.1, -0.05) is 42.0 Å². The highest BCUT2D eigenvalue weighted by atomic mass is 32.1. The average molecular weight is 394 g/mol. The molecule has 0 aliphatic carbocycles. The molecule has 5 heteroatoms. The number of rotatable bonds is 8. The Morgan fingerprint density at radius 2 is 1.86 bits per heavy atom. The second-order valence-electron chi connectivity index (χ2n) is 6.25. The number of carboxylic acid groups (broad SMARTS) is 1. The van der Waals surface area contributed by atoms with Crippen LogP contribution in [0.3, 0.4) is 0 Å². The Morgan fingerprint density at radius 3 is 2.50 bits per heavy atom. The van der Waals surface area contributed by atoms with Crippen molar-refractivity contribution < 1.29 is 19.4 Å². The second-order valence-corrected chi connectivity index (χ2v) is 7.20. The van der Waals surface area contributed by atoms with Crippen LogP contribution >= 0.6 is 11.3 Å². The van der Waals surface area contributed by atoms with Crippen LogP contribution < -0.4 is 9.47 Å². The lowest BCUT2D eigenvalue weighted by atomic mass is 10.1. The zero-order chi connectivity index (χ0) is 19.9. The number of aliphatic carboxylic acids is 1. The number of thiophene rings is 1. The zero-order valence-corrected chi connectivity index (χ0v) is 16.7. The first-order chi connectivity index (χ1) is 13.6. The Morgan fingerprint density at radius 1 is 1.07 bits per heavy atom. The Kier molecular flexibility index (Phi) is 6.50. The van der Waals surface area contributed by atoms with Crippen LogP contribution in [0.5, 0.6) is 11.5 Å². The molecule has 2 aromatic carbocycles. The van der Waals surface area contributed by atoms with Gasteiger partial charge in [0.1, 0.15) is 6.61 Å². The number of aryl methyl sites for hydroxylation is 1. The van der Waals surface area contributed by atoms with Crippen LogP contribution in [-0.2, 0) is 11.4 Å². The summed E-state index contributed by atoms with van der Waals surface area (Å²) in [7, 11) is 0.